The molecule has 4 rings (SSSR count). The minimum Gasteiger partial charge on any atom is -0.496 e. The van der Waals surface area contributed by atoms with Crippen LogP contribution in [0.3, 0.4) is 0 Å². The van der Waals surface area contributed by atoms with Crippen LogP contribution in [0.5, 0.6) is 5.75 Å². The van der Waals surface area contributed by atoms with E-state index in [1.165, 1.54) is 10.5 Å². The number of rotatable bonds is 7. The predicted octanol–water partition coefficient (Wildman–Crippen LogP) is 2.81. The first kappa shape index (κ1) is 20.4. The Kier molecular flexibility index (Phi) is 5.74. The minimum atomic E-state index is -3.49. The third-order valence-corrected chi connectivity index (χ3v) is 7.18. The summed E-state index contributed by atoms with van der Waals surface area (Å²) in [6.07, 6.45) is 6.82. The molecule has 8 nitrogen and oxygen atoms in total. The van der Waals surface area contributed by atoms with Crippen molar-refractivity contribution < 1.29 is 13.2 Å². The van der Waals surface area contributed by atoms with Crippen LogP contribution in [-0.4, -0.2) is 47.5 Å². The lowest BCUT2D eigenvalue weighted by atomic mass is 10.0. The van der Waals surface area contributed by atoms with Gasteiger partial charge in [-0.2, -0.15) is 4.31 Å². The lowest BCUT2D eigenvalue weighted by molar-refractivity contribution is 0.408. The molecule has 1 aliphatic rings. The maximum absolute atomic E-state index is 12.7. The highest BCUT2D eigenvalue weighted by Crippen LogP contribution is 2.32. The maximum Gasteiger partial charge on any atom is 0.244 e. The van der Waals surface area contributed by atoms with Gasteiger partial charge >= 0.3 is 0 Å². The second kappa shape index (κ2) is 8.45. The van der Waals surface area contributed by atoms with Gasteiger partial charge in [0.15, 0.2) is 0 Å². The molecule has 0 spiro atoms. The highest BCUT2D eigenvalue weighted by Gasteiger charge is 2.28. The van der Waals surface area contributed by atoms with E-state index in [0.717, 1.165) is 30.0 Å². The first-order valence-electron chi connectivity index (χ1n) is 9.83. The number of anilines is 1. The summed E-state index contributed by atoms with van der Waals surface area (Å²) in [6, 6.07) is 10.7. The summed E-state index contributed by atoms with van der Waals surface area (Å²) in [5.74, 6) is 2.07. The SMILES string of the molecule is COc1ccccc1[C@H](Nc1ccc(S(=O)(=O)N2CCCC2)cn1)c1nccn1C. The van der Waals surface area contributed by atoms with Gasteiger partial charge in [-0.25, -0.2) is 18.4 Å². The van der Waals surface area contributed by atoms with Gasteiger partial charge in [0.1, 0.15) is 28.3 Å². The van der Waals surface area contributed by atoms with Crippen molar-refractivity contribution >= 4 is 15.8 Å². The third-order valence-electron chi connectivity index (χ3n) is 5.30. The van der Waals surface area contributed by atoms with Gasteiger partial charge in [0, 0.05) is 44.3 Å². The molecule has 1 aliphatic heterocycles. The van der Waals surface area contributed by atoms with Crippen molar-refractivity contribution in [1.29, 1.82) is 0 Å². The zero-order valence-corrected chi connectivity index (χ0v) is 17.8. The van der Waals surface area contributed by atoms with Crippen molar-refractivity contribution in [3.63, 3.8) is 0 Å². The second-order valence-electron chi connectivity index (χ2n) is 7.21. The molecule has 3 aromatic rings. The molecule has 1 saturated heterocycles. The summed E-state index contributed by atoms with van der Waals surface area (Å²) in [5.41, 5.74) is 0.907. The van der Waals surface area contributed by atoms with Gasteiger partial charge in [-0.1, -0.05) is 18.2 Å². The molecule has 158 valence electrons. The van der Waals surface area contributed by atoms with E-state index < -0.39 is 10.0 Å². The van der Waals surface area contributed by atoms with Crippen LogP contribution in [0.15, 0.2) is 59.9 Å². The van der Waals surface area contributed by atoms with Crippen LogP contribution in [0.25, 0.3) is 0 Å². The van der Waals surface area contributed by atoms with Gasteiger partial charge in [-0.15, -0.1) is 0 Å². The number of hydrogen-bond acceptors (Lipinski definition) is 6. The van der Waals surface area contributed by atoms with E-state index in [1.54, 1.807) is 25.4 Å². The van der Waals surface area contributed by atoms with E-state index in [-0.39, 0.29) is 10.9 Å². The maximum atomic E-state index is 12.7. The van der Waals surface area contributed by atoms with Crippen LogP contribution in [0.1, 0.15) is 30.3 Å². The molecule has 1 N–H and O–H groups in total. The number of benzene rings is 1. The lowest BCUT2D eigenvalue weighted by Crippen LogP contribution is -2.28. The van der Waals surface area contributed by atoms with E-state index >= 15 is 0 Å². The van der Waals surface area contributed by atoms with Crippen LogP contribution in [0, 0.1) is 0 Å². The fourth-order valence-corrected chi connectivity index (χ4v) is 5.15. The zero-order chi connectivity index (χ0) is 21.1. The van der Waals surface area contributed by atoms with E-state index in [1.807, 2.05) is 42.1 Å². The van der Waals surface area contributed by atoms with Gasteiger partial charge < -0.3 is 14.6 Å². The Bertz CT molecular complexity index is 1110. The number of nitrogens with one attached hydrogen (secondary N) is 1. The molecule has 1 fully saturated rings. The smallest absolute Gasteiger partial charge is 0.244 e. The number of imidazole rings is 1. The summed E-state index contributed by atoms with van der Waals surface area (Å²) in [5, 5.41) is 3.38. The Labute approximate surface area is 176 Å². The van der Waals surface area contributed by atoms with E-state index in [4.69, 9.17) is 4.74 Å². The first-order valence-corrected chi connectivity index (χ1v) is 11.3. The summed E-state index contributed by atoms with van der Waals surface area (Å²) < 4.78 is 34.5. The topological polar surface area (TPSA) is 89.3 Å². The molecule has 2 aromatic heterocycles. The molecule has 1 atom stereocenters. The highest BCUT2D eigenvalue weighted by molar-refractivity contribution is 7.89. The monoisotopic (exact) mass is 427 g/mol. The second-order valence-corrected chi connectivity index (χ2v) is 9.14. The van der Waals surface area contributed by atoms with Crippen LogP contribution in [0.2, 0.25) is 0 Å². The average Bonchev–Trinajstić information content (AvgIpc) is 3.45. The number of pyridine rings is 1. The Morgan fingerprint density at radius 3 is 2.50 bits per heavy atom. The van der Waals surface area contributed by atoms with Crippen LogP contribution in [-0.2, 0) is 17.1 Å². The number of aromatic nitrogens is 3. The Hall–Kier alpha value is -2.91. The molecule has 3 heterocycles. The number of ether oxygens (including phenoxy) is 1. The molecule has 0 amide bonds. The van der Waals surface area contributed by atoms with Gasteiger partial charge in [0.25, 0.3) is 0 Å². The van der Waals surface area contributed by atoms with Crippen molar-refractivity contribution in [3.05, 3.63) is 66.4 Å². The number of para-hydroxylation sites is 1. The normalized spacial score (nSPS) is 15.8. The number of nitrogens with zero attached hydrogens (tertiary/aromatic N) is 4. The highest BCUT2D eigenvalue weighted by atomic mass is 32.2. The third kappa shape index (κ3) is 3.90. The number of aryl methyl sites for hydroxylation is 1. The summed E-state index contributed by atoms with van der Waals surface area (Å²) in [7, 11) is 0.0616. The Morgan fingerprint density at radius 2 is 1.87 bits per heavy atom. The van der Waals surface area contributed by atoms with Gasteiger partial charge in [-0.3, -0.25) is 0 Å². The number of hydrogen-bond donors (Lipinski definition) is 1. The van der Waals surface area contributed by atoms with E-state index in [2.05, 4.69) is 15.3 Å². The van der Waals surface area contributed by atoms with Crippen molar-refractivity contribution in [1.82, 2.24) is 18.8 Å². The van der Waals surface area contributed by atoms with E-state index in [9.17, 15) is 8.42 Å². The molecule has 30 heavy (non-hydrogen) atoms. The van der Waals surface area contributed by atoms with Gasteiger partial charge in [0.2, 0.25) is 10.0 Å². The Morgan fingerprint density at radius 1 is 1.10 bits per heavy atom. The van der Waals surface area contributed by atoms with Crippen LogP contribution in [0.4, 0.5) is 5.82 Å². The van der Waals surface area contributed by atoms with Gasteiger partial charge in [-0.05, 0) is 31.0 Å². The van der Waals surface area contributed by atoms with E-state index in [0.29, 0.717) is 18.9 Å². The molecular weight excluding hydrogens is 402 g/mol. The number of sulfonamides is 1. The molecular formula is C21H25N5O3S. The summed E-state index contributed by atoms with van der Waals surface area (Å²) >= 11 is 0. The first-order chi connectivity index (χ1) is 14.5. The van der Waals surface area contributed by atoms with Crippen LogP contribution < -0.4 is 10.1 Å². The van der Waals surface area contributed by atoms with Crippen molar-refractivity contribution in [2.45, 2.75) is 23.8 Å². The minimum absolute atomic E-state index is 0.209. The summed E-state index contributed by atoms with van der Waals surface area (Å²) in [4.78, 5) is 9.08. The fourth-order valence-electron chi connectivity index (χ4n) is 3.69. The standard InChI is InChI=1S/C21H25N5O3S/c1-25-14-11-22-21(25)20(17-7-3-4-8-18(17)29-2)24-19-10-9-16(15-23-19)30(27,28)26-12-5-6-13-26/h3-4,7-11,14-15,20H,5-6,12-13H2,1-2H3,(H,23,24)/t20-/m0/s1. The van der Waals surface area contributed by atoms with Gasteiger partial charge in [0.05, 0.1) is 7.11 Å². The summed E-state index contributed by atoms with van der Waals surface area (Å²) in [6.45, 7) is 1.13. The van der Waals surface area contributed by atoms with Crippen molar-refractivity contribution in [3.8, 4) is 5.75 Å². The van der Waals surface area contributed by atoms with Crippen LogP contribution >= 0.6 is 0 Å². The molecule has 9 heteroatoms. The average molecular weight is 428 g/mol. The zero-order valence-electron chi connectivity index (χ0n) is 17.0. The lowest BCUT2D eigenvalue weighted by Gasteiger charge is -2.22. The van der Waals surface area contributed by atoms with Crippen molar-refractivity contribution in [2.24, 2.45) is 7.05 Å². The fraction of sp³-hybridized carbons (Fsp3) is 0.333. The predicted molar refractivity (Wildman–Crippen MR) is 114 cm³/mol. The van der Waals surface area contributed by atoms with Crippen molar-refractivity contribution in [2.75, 3.05) is 25.5 Å². The molecule has 0 radical (unpaired) electrons. The molecule has 0 bridgehead atoms. The number of methoxy groups -OCH3 is 1. The molecule has 1 aromatic carbocycles. The molecule has 0 saturated carbocycles. The molecule has 0 unspecified atom stereocenters. The largest absolute Gasteiger partial charge is 0.496 e. The molecule has 0 aliphatic carbocycles. The Balaban J connectivity index is 1.65. The quantitative estimate of drug-likeness (QED) is 0.624.